The normalized spacial score (nSPS) is 35.1. The molecule has 0 aromatic heterocycles. The van der Waals surface area contributed by atoms with Crippen molar-refractivity contribution in [2.75, 3.05) is 0 Å². The van der Waals surface area contributed by atoms with Crippen LogP contribution in [0.4, 0.5) is 0 Å². The quantitative estimate of drug-likeness (QED) is 0.548. The molecule has 2 aliphatic rings. The first-order valence-corrected chi connectivity index (χ1v) is 4.77. The van der Waals surface area contributed by atoms with Crippen LogP contribution in [-0.4, -0.2) is 0 Å². The molecule has 0 aliphatic heterocycles. The fourth-order valence-electron chi connectivity index (χ4n) is 2.40. The zero-order valence-corrected chi connectivity index (χ0v) is 6.90. The molecule has 0 heterocycles. The van der Waals surface area contributed by atoms with Gasteiger partial charge in [-0.15, -0.1) is 0 Å². The average molecular weight is 137 g/mol. The fourth-order valence-corrected chi connectivity index (χ4v) is 2.40. The number of hydrogen-bond acceptors (Lipinski definition) is 0. The van der Waals surface area contributed by atoms with Crippen molar-refractivity contribution in [3.8, 4) is 0 Å². The third kappa shape index (κ3) is 1.09. The van der Waals surface area contributed by atoms with E-state index < -0.39 is 0 Å². The second kappa shape index (κ2) is 2.56. The van der Waals surface area contributed by atoms with E-state index in [1.54, 1.807) is 0 Å². The van der Waals surface area contributed by atoms with E-state index in [-0.39, 0.29) is 0 Å². The van der Waals surface area contributed by atoms with Crippen molar-refractivity contribution in [3.63, 3.8) is 0 Å². The van der Waals surface area contributed by atoms with Crippen molar-refractivity contribution in [2.24, 2.45) is 11.8 Å². The zero-order chi connectivity index (χ0) is 6.97. The Morgan fingerprint density at radius 1 is 1.30 bits per heavy atom. The van der Waals surface area contributed by atoms with Crippen LogP contribution in [0.5, 0.6) is 0 Å². The highest BCUT2D eigenvalue weighted by molar-refractivity contribution is 5.10. The molecule has 0 amide bonds. The standard InChI is InChI=1S/C10H17/c1-2-8-4-3-5-10(8)9-6-7-9/h8-9H,2-7H2,1H3. The predicted octanol–water partition coefficient (Wildman–Crippen LogP) is 3.18. The van der Waals surface area contributed by atoms with E-state index in [0.717, 1.165) is 11.8 Å². The van der Waals surface area contributed by atoms with Crippen LogP contribution in [0.3, 0.4) is 0 Å². The van der Waals surface area contributed by atoms with E-state index in [0.29, 0.717) is 0 Å². The largest absolute Gasteiger partial charge is 0.0651 e. The molecule has 1 atom stereocenters. The highest BCUT2D eigenvalue weighted by atomic mass is 14.4. The van der Waals surface area contributed by atoms with Crippen LogP contribution in [0.2, 0.25) is 0 Å². The Balaban J connectivity index is 1.91. The van der Waals surface area contributed by atoms with Gasteiger partial charge in [0, 0.05) is 0 Å². The maximum absolute atomic E-state index is 2.35. The minimum atomic E-state index is 1.03. The van der Waals surface area contributed by atoms with Gasteiger partial charge < -0.3 is 0 Å². The highest BCUT2D eigenvalue weighted by Gasteiger charge is 2.38. The molecule has 1 unspecified atom stereocenters. The van der Waals surface area contributed by atoms with Gasteiger partial charge in [-0.1, -0.05) is 19.8 Å². The molecule has 0 bridgehead atoms. The molecule has 57 valence electrons. The van der Waals surface area contributed by atoms with Crippen molar-refractivity contribution in [2.45, 2.75) is 45.4 Å². The van der Waals surface area contributed by atoms with E-state index in [1.165, 1.54) is 38.5 Å². The van der Waals surface area contributed by atoms with Gasteiger partial charge in [-0.2, -0.15) is 0 Å². The smallest absolute Gasteiger partial charge is 0.0179 e. The van der Waals surface area contributed by atoms with Crippen LogP contribution in [-0.2, 0) is 0 Å². The summed E-state index contributed by atoms with van der Waals surface area (Å²) in [4.78, 5) is 0. The fraction of sp³-hybridized carbons (Fsp3) is 0.900. The molecule has 2 saturated carbocycles. The van der Waals surface area contributed by atoms with Gasteiger partial charge in [0.05, 0.1) is 0 Å². The Kier molecular flexibility index (Phi) is 1.71. The summed E-state index contributed by atoms with van der Waals surface area (Å²) in [5.41, 5.74) is 0. The Morgan fingerprint density at radius 2 is 2.10 bits per heavy atom. The lowest BCUT2D eigenvalue weighted by molar-refractivity contribution is 0.520. The number of rotatable bonds is 2. The molecule has 0 nitrogen and oxygen atoms in total. The predicted molar refractivity (Wildman–Crippen MR) is 43.6 cm³/mol. The summed E-state index contributed by atoms with van der Waals surface area (Å²) in [6.45, 7) is 2.35. The average Bonchev–Trinajstić information content (AvgIpc) is 2.69. The van der Waals surface area contributed by atoms with Crippen LogP contribution in [0.15, 0.2) is 0 Å². The van der Waals surface area contributed by atoms with E-state index >= 15 is 0 Å². The van der Waals surface area contributed by atoms with Gasteiger partial charge in [-0.25, -0.2) is 0 Å². The summed E-state index contributed by atoms with van der Waals surface area (Å²) in [7, 11) is 0. The summed E-state index contributed by atoms with van der Waals surface area (Å²) in [6, 6.07) is 0. The zero-order valence-electron chi connectivity index (χ0n) is 6.90. The van der Waals surface area contributed by atoms with Gasteiger partial charge in [-0.3, -0.25) is 0 Å². The van der Waals surface area contributed by atoms with Gasteiger partial charge in [0.25, 0.3) is 0 Å². The lowest BCUT2D eigenvalue weighted by Gasteiger charge is -2.15. The van der Waals surface area contributed by atoms with E-state index in [4.69, 9.17) is 0 Å². The molecule has 0 aromatic carbocycles. The van der Waals surface area contributed by atoms with Crippen molar-refractivity contribution >= 4 is 0 Å². The van der Waals surface area contributed by atoms with Crippen LogP contribution in [0, 0.1) is 17.8 Å². The Labute approximate surface area is 64.0 Å². The summed E-state index contributed by atoms with van der Waals surface area (Å²) in [6.07, 6.45) is 8.92. The van der Waals surface area contributed by atoms with Gasteiger partial charge in [-0.05, 0) is 43.4 Å². The summed E-state index contributed by atoms with van der Waals surface area (Å²) >= 11 is 0. The monoisotopic (exact) mass is 137 g/mol. The highest BCUT2D eigenvalue weighted by Crippen LogP contribution is 2.50. The van der Waals surface area contributed by atoms with Crippen LogP contribution >= 0.6 is 0 Å². The minimum absolute atomic E-state index is 1.03. The van der Waals surface area contributed by atoms with Crippen molar-refractivity contribution < 1.29 is 0 Å². The molecule has 0 saturated heterocycles. The third-order valence-electron chi connectivity index (χ3n) is 3.14. The third-order valence-corrected chi connectivity index (χ3v) is 3.14. The molecule has 10 heavy (non-hydrogen) atoms. The van der Waals surface area contributed by atoms with Crippen LogP contribution in [0.1, 0.15) is 45.4 Å². The number of hydrogen-bond donors (Lipinski definition) is 0. The molecule has 0 N–H and O–H groups in total. The SMILES string of the molecule is CCC1CCC[C]1C1CC1. The summed E-state index contributed by atoms with van der Waals surface area (Å²) in [5, 5.41) is 0. The second-order valence-corrected chi connectivity index (χ2v) is 3.85. The molecule has 0 spiro atoms. The van der Waals surface area contributed by atoms with E-state index in [1.807, 2.05) is 5.92 Å². The van der Waals surface area contributed by atoms with E-state index in [2.05, 4.69) is 6.92 Å². The topological polar surface area (TPSA) is 0 Å². The van der Waals surface area contributed by atoms with Crippen molar-refractivity contribution in [3.05, 3.63) is 5.92 Å². The molecule has 2 aliphatic carbocycles. The van der Waals surface area contributed by atoms with Crippen molar-refractivity contribution in [1.82, 2.24) is 0 Å². The Hall–Kier alpha value is 0. The maximum Gasteiger partial charge on any atom is -0.0179 e. The summed E-state index contributed by atoms with van der Waals surface area (Å²) in [5.74, 6) is 4.07. The first-order chi connectivity index (χ1) is 4.92. The van der Waals surface area contributed by atoms with Gasteiger partial charge in [0.15, 0.2) is 0 Å². The van der Waals surface area contributed by atoms with Crippen LogP contribution in [0.25, 0.3) is 0 Å². The first-order valence-electron chi connectivity index (χ1n) is 4.77. The molecule has 1 radical (unpaired) electrons. The minimum Gasteiger partial charge on any atom is -0.0651 e. The van der Waals surface area contributed by atoms with Crippen LogP contribution < -0.4 is 0 Å². The first kappa shape index (κ1) is 6.69. The maximum atomic E-state index is 2.35. The Bertz CT molecular complexity index is 113. The molecular formula is C10H17. The second-order valence-electron chi connectivity index (χ2n) is 3.85. The lowest BCUT2D eigenvalue weighted by atomic mass is 9.90. The molecule has 2 rings (SSSR count). The lowest BCUT2D eigenvalue weighted by Crippen LogP contribution is -2.05. The summed E-state index contributed by atoms with van der Waals surface area (Å²) < 4.78 is 0. The molecule has 0 heteroatoms. The molecule has 2 fully saturated rings. The van der Waals surface area contributed by atoms with Gasteiger partial charge >= 0.3 is 0 Å². The molecule has 0 aromatic rings. The van der Waals surface area contributed by atoms with Gasteiger partial charge in [0.2, 0.25) is 0 Å². The van der Waals surface area contributed by atoms with Gasteiger partial charge in [0.1, 0.15) is 0 Å². The van der Waals surface area contributed by atoms with E-state index in [9.17, 15) is 0 Å². The molecular weight excluding hydrogens is 120 g/mol. The van der Waals surface area contributed by atoms with Crippen molar-refractivity contribution in [1.29, 1.82) is 0 Å². The Morgan fingerprint density at radius 3 is 2.70 bits per heavy atom.